The molecule has 0 bridgehead atoms. The summed E-state index contributed by atoms with van der Waals surface area (Å²) in [5.74, 6) is -1.81. The van der Waals surface area contributed by atoms with E-state index in [9.17, 15) is 14.7 Å². The number of benzene rings is 4. The minimum Gasteiger partial charge on any atom is -0.480 e. The third-order valence-electron chi connectivity index (χ3n) is 6.85. The van der Waals surface area contributed by atoms with Crippen molar-refractivity contribution in [3.63, 3.8) is 0 Å². The fraction of sp³-hybridized carbons (Fsp3) is 0.161. The van der Waals surface area contributed by atoms with Crippen LogP contribution in [-0.2, 0) is 11.2 Å². The number of rotatable bonds is 8. The van der Waals surface area contributed by atoms with Crippen LogP contribution in [0.4, 0.5) is 5.69 Å². The molecule has 3 atom stereocenters. The molecular formula is C31H24Cl4N2O3S. The summed E-state index contributed by atoms with van der Waals surface area (Å²) in [4.78, 5) is 26.2. The number of amides is 1. The lowest BCUT2D eigenvalue weighted by Gasteiger charge is -2.34. The normalized spacial score (nSPS) is 16.8. The number of carbonyl (C=O) groups is 2. The van der Waals surface area contributed by atoms with Crippen LogP contribution in [-0.4, -0.2) is 23.0 Å². The number of carbonyl (C=O) groups excluding carboxylic acids is 1. The van der Waals surface area contributed by atoms with Gasteiger partial charge >= 0.3 is 5.97 Å². The molecule has 4 aromatic carbocycles. The lowest BCUT2D eigenvalue weighted by Crippen LogP contribution is -2.42. The van der Waals surface area contributed by atoms with E-state index < -0.39 is 17.9 Å². The molecule has 1 heterocycles. The van der Waals surface area contributed by atoms with Gasteiger partial charge in [-0.2, -0.15) is 0 Å². The van der Waals surface area contributed by atoms with Gasteiger partial charge in [-0.15, -0.1) is 11.8 Å². The van der Waals surface area contributed by atoms with E-state index in [2.05, 4.69) is 22.8 Å². The minimum atomic E-state index is -1.20. The maximum absolute atomic E-state index is 12.9. The predicted molar refractivity (Wildman–Crippen MR) is 168 cm³/mol. The summed E-state index contributed by atoms with van der Waals surface area (Å²) >= 11 is 27.2. The van der Waals surface area contributed by atoms with Crippen LogP contribution >= 0.6 is 58.2 Å². The molecule has 0 spiro atoms. The Morgan fingerprint density at radius 2 is 1.51 bits per heavy atom. The van der Waals surface area contributed by atoms with Crippen molar-refractivity contribution in [2.75, 3.05) is 5.32 Å². The summed E-state index contributed by atoms with van der Waals surface area (Å²) in [5.41, 5.74) is 3.58. The van der Waals surface area contributed by atoms with E-state index in [-0.39, 0.29) is 33.3 Å². The highest BCUT2D eigenvalue weighted by Crippen LogP contribution is 2.50. The van der Waals surface area contributed by atoms with Crippen molar-refractivity contribution in [1.82, 2.24) is 5.32 Å². The Labute approximate surface area is 262 Å². The second-order valence-electron chi connectivity index (χ2n) is 9.57. The van der Waals surface area contributed by atoms with Crippen LogP contribution in [0.15, 0.2) is 89.8 Å². The summed E-state index contributed by atoms with van der Waals surface area (Å²) in [7, 11) is 0. The van der Waals surface area contributed by atoms with Crippen molar-refractivity contribution in [2.24, 2.45) is 0 Å². The van der Waals surface area contributed by atoms with E-state index in [1.54, 1.807) is 17.8 Å². The molecule has 3 N–H and O–H groups in total. The first-order valence-corrected chi connectivity index (χ1v) is 15.1. The molecule has 0 aromatic heterocycles. The molecule has 0 saturated carbocycles. The van der Waals surface area contributed by atoms with Crippen LogP contribution in [0.3, 0.4) is 0 Å². The van der Waals surface area contributed by atoms with Crippen LogP contribution in [0.1, 0.15) is 44.8 Å². The quantitative estimate of drug-likeness (QED) is 0.178. The van der Waals surface area contributed by atoms with Crippen LogP contribution < -0.4 is 10.6 Å². The zero-order valence-corrected chi connectivity index (χ0v) is 25.3. The molecule has 1 amide bonds. The Balaban J connectivity index is 1.44. The summed E-state index contributed by atoms with van der Waals surface area (Å²) < 4.78 is 0. The Hall–Kier alpha value is -2.87. The number of fused-ring (bicyclic) bond motifs is 1. The number of carboxylic acids is 1. The van der Waals surface area contributed by atoms with Crippen molar-refractivity contribution in [3.05, 3.63) is 127 Å². The molecule has 2 unspecified atom stereocenters. The number of hydrogen-bond donors (Lipinski definition) is 3. The van der Waals surface area contributed by atoms with Gasteiger partial charge < -0.3 is 15.7 Å². The molecule has 1 aliphatic rings. The summed E-state index contributed by atoms with van der Waals surface area (Å²) in [6.45, 7) is 0. The Morgan fingerprint density at radius 3 is 2.15 bits per heavy atom. The number of thioether (sulfide) groups is 1. The third-order valence-corrected chi connectivity index (χ3v) is 9.41. The van der Waals surface area contributed by atoms with Gasteiger partial charge in [0, 0.05) is 37.9 Å². The monoisotopic (exact) mass is 644 g/mol. The number of halogens is 4. The molecule has 1 aliphatic heterocycles. The van der Waals surface area contributed by atoms with Crippen molar-refractivity contribution < 1.29 is 14.7 Å². The first-order chi connectivity index (χ1) is 19.7. The molecule has 10 heteroatoms. The fourth-order valence-corrected chi connectivity index (χ4v) is 7.40. The average molecular weight is 646 g/mol. The molecule has 41 heavy (non-hydrogen) atoms. The fourth-order valence-electron chi connectivity index (χ4n) is 4.91. The molecule has 210 valence electrons. The Bertz CT molecular complexity index is 1560. The predicted octanol–water partition coefficient (Wildman–Crippen LogP) is 9.12. The lowest BCUT2D eigenvalue weighted by molar-refractivity contribution is -0.139. The average Bonchev–Trinajstić information content (AvgIpc) is 2.93. The SMILES string of the molecule is O=C(N[C@H](Cc1ccc2c(c1)C(Sc1ccccc1)CC(c1c(Cl)cccc1Cl)N2)C(=O)O)c1c(Cl)cccc1Cl. The van der Waals surface area contributed by atoms with Gasteiger partial charge in [-0.3, -0.25) is 4.79 Å². The van der Waals surface area contributed by atoms with Gasteiger partial charge in [0.25, 0.3) is 5.91 Å². The highest BCUT2D eigenvalue weighted by Gasteiger charge is 2.31. The molecular weight excluding hydrogens is 622 g/mol. The number of nitrogens with one attached hydrogen (secondary N) is 2. The second kappa shape index (κ2) is 13.0. The number of aliphatic carboxylic acids is 1. The van der Waals surface area contributed by atoms with Gasteiger partial charge in [-0.05, 0) is 60.0 Å². The molecule has 4 aromatic rings. The van der Waals surface area contributed by atoms with Crippen molar-refractivity contribution in [2.45, 2.75) is 35.1 Å². The topological polar surface area (TPSA) is 78.4 Å². The van der Waals surface area contributed by atoms with E-state index in [0.717, 1.165) is 27.3 Å². The van der Waals surface area contributed by atoms with Crippen molar-refractivity contribution >= 4 is 75.7 Å². The standard InChI is InChI=1S/C31H24Cl4N2O3S/c32-20-8-4-9-21(33)28(20)25-16-27(41-18-6-2-1-3-7-18)19-14-17(12-13-24(19)36-25)15-26(31(39)40)37-30(38)29-22(34)10-5-11-23(29)35/h1-14,25-27,36H,15-16H2,(H,37,38)(H,39,40)/t25?,26-,27?/m1/s1. The smallest absolute Gasteiger partial charge is 0.326 e. The highest BCUT2D eigenvalue weighted by atomic mass is 35.5. The lowest BCUT2D eigenvalue weighted by atomic mass is 9.91. The van der Waals surface area contributed by atoms with Crippen LogP contribution in [0.25, 0.3) is 0 Å². The Kier molecular flexibility index (Phi) is 9.37. The molecule has 5 nitrogen and oxygen atoms in total. The van der Waals surface area contributed by atoms with E-state index >= 15 is 0 Å². The maximum Gasteiger partial charge on any atom is 0.326 e. The molecule has 0 radical (unpaired) electrons. The van der Waals surface area contributed by atoms with Gasteiger partial charge in [0.2, 0.25) is 0 Å². The van der Waals surface area contributed by atoms with Crippen LogP contribution in [0.2, 0.25) is 20.1 Å². The third kappa shape index (κ3) is 6.79. The van der Waals surface area contributed by atoms with E-state index in [1.807, 2.05) is 54.6 Å². The highest BCUT2D eigenvalue weighted by molar-refractivity contribution is 7.99. The van der Waals surface area contributed by atoms with Gasteiger partial charge in [0.15, 0.2) is 0 Å². The minimum absolute atomic E-state index is 0.0192. The van der Waals surface area contributed by atoms with Crippen molar-refractivity contribution in [3.8, 4) is 0 Å². The van der Waals surface area contributed by atoms with Gasteiger partial charge in [-0.25, -0.2) is 4.79 Å². The summed E-state index contributed by atoms with van der Waals surface area (Å²) in [6.07, 6.45) is 0.766. The second-order valence-corrected chi connectivity index (χ2v) is 12.5. The van der Waals surface area contributed by atoms with E-state index in [1.165, 1.54) is 12.1 Å². The van der Waals surface area contributed by atoms with Gasteiger partial charge in [-0.1, -0.05) is 88.9 Å². The summed E-state index contributed by atoms with van der Waals surface area (Å²) in [5, 5.41) is 17.6. The first-order valence-electron chi connectivity index (χ1n) is 12.7. The number of anilines is 1. The van der Waals surface area contributed by atoms with Crippen LogP contribution in [0.5, 0.6) is 0 Å². The molecule has 0 aliphatic carbocycles. The molecule has 5 rings (SSSR count). The molecule has 0 saturated heterocycles. The van der Waals surface area contributed by atoms with Crippen LogP contribution in [0, 0.1) is 0 Å². The number of carboxylic acid groups (broad SMARTS) is 1. The molecule has 0 fully saturated rings. The largest absolute Gasteiger partial charge is 0.480 e. The Morgan fingerprint density at radius 1 is 0.878 bits per heavy atom. The van der Waals surface area contributed by atoms with Crippen molar-refractivity contribution in [1.29, 1.82) is 0 Å². The van der Waals surface area contributed by atoms with Gasteiger partial charge in [0.1, 0.15) is 6.04 Å². The number of hydrogen-bond acceptors (Lipinski definition) is 4. The zero-order valence-electron chi connectivity index (χ0n) is 21.4. The zero-order chi connectivity index (χ0) is 29.1. The summed E-state index contributed by atoms with van der Waals surface area (Å²) in [6, 6.07) is 24.7. The first kappa shape index (κ1) is 29.6. The van der Waals surface area contributed by atoms with E-state index in [4.69, 9.17) is 46.4 Å². The van der Waals surface area contributed by atoms with E-state index in [0.29, 0.717) is 16.5 Å². The van der Waals surface area contributed by atoms with Gasteiger partial charge in [0.05, 0.1) is 21.7 Å². The maximum atomic E-state index is 12.9.